The Kier molecular flexibility index (Phi) is 5.30. The Balaban J connectivity index is 1.70. The van der Waals surface area contributed by atoms with Crippen LogP contribution in [0.5, 0.6) is 0 Å². The molecule has 23 heavy (non-hydrogen) atoms. The van der Waals surface area contributed by atoms with Gasteiger partial charge >= 0.3 is 0 Å². The second-order valence-electron chi connectivity index (χ2n) is 8.21. The molecule has 0 saturated heterocycles. The monoisotopic (exact) mass is 319 g/mol. The summed E-state index contributed by atoms with van der Waals surface area (Å²) in [5.74, 6) is 0. The molecule has 0 spiro atoms. The van der Waals surface area contributed by atoms with Gasteiger partial charge in [0.05, 0.1) is 0 Å². The lowest BCUT2D eigenvalue weighted by atomic mass is 10.1. The van der Waals surface area contributed by atoms with Crippen molar-refractivity contribution in [2.45, 2.75) is 65.7 Å². The number of hydrogen-bond acceptors (Lipinski definition) is 1. The molecule has 5 heteroatoms. The van der Waals surface area contributed by atoms with Gasteiger partial charge in [-0.25, -0.2) is 18.3 Å². The molecule has 2 rings (SSSR count). The summed E-state index contributed by atoms with van der Waals surface area (Å²) in [5, 5.41) is 3.52. The highest BCUT2D eigenvalue weighted by molar-refractivity contribution is 4.79. The van der Waals surface area contributed by atoms with Crippen molar-refractivity contribution in [3.05, 3.63) is 37.4 Å². The van der Waals surface area contributed by atoms with E-state index in [9.17, 15) is 0 Å². The molecular formula is C18H33N5+2. The Bertz CT molecular complexity index is 556. The fraction of sp³-hybridized carbons (Fsp3) is 0.667. The Morgan fingerprint density at radius 3 is 1.43 bits per heavy atom. The van der Waals surface area contributed by atoms with Gasteiger partial charge in [-0.3, -0.25) is 0 Å². The minimum Gasteiger partial charge on any atom is -0.309 e. The van der Waals surface area contributed by atoms with Crippen LogP contribution in [0, 0.1) is 0 Å². The van der Waals surface area contributed by atoms with E-state index in [4.69, 9.17) is 0 Å². The van der Waals surface area contributed by atoms with Gasteiger partial charge in [-0.15, -0.1) is 0 Å². The van der Waals surface area contributed by atoms with E-state index in [2.05, 4.69) is 103 Å². The average Bonchev–Trinajstić information content (AvgIpc) is 3.05. The molecule has 2 aromatic heterocycles. The van der Waals surface area contributed by atoms with Crippen molar-refractivity contribution in [1.29, 1.82) is 0 Å². The second kappa shape index (κ2) is 6.87. The van der Waals surface area contributed by atoms with Crippen molar-refractivity contribution in [3.8, 4) is 0 Å². The molecule has 0 aliphatic heterocycles. The molecule has 0 unspecified atom stereocenters. The summed E-state index contributed by atoms with van der Waals surface area (Å²) in [5.41, 5.74) is 0.297. The largest absolute Gasteiger partial charge is 0.309 e. The molecule has 0 fully saturated rings. The zero-order valence-electron chi connectivity index (χ0n) is 15.6. The summed E-state index contributed by atoms with van der Waals surface area (Å²) in [6.45, 7) is 17.3. The van der Waals surface area contributed by atoms with E-state index in [-0.39, 0.29) is 11.1 Å². The summed E-state index contributed by atoms with van der Waals surface area (Å²) < 4.78 is 8.97. The fourth-order valence-electron chi connectivity index (χ4n) is 2.39. The maximum absolute atomic E-state index is 3.52. The standard InChI is InChI=1S/C18H33N5/c1-17(2,3)22-13-11-20(15-22)9-7-19-8-10-21-12-14-23(16-21)18(4,5)6/h11-16,19H,7-10H2,1-6H3/q+2. The van der Waals surface area contributed by atoms with Crippen molar-refractivity contribution in [2.24, 2.45) is 0 Å². The van der Waals surface area contributed by atoms with Crippen LogP contribution in [-0.4, -0.2) is 22.2 Å². The number of nitrogens with one attached hydrogen (secondary N) is 1. The van der Waals surface area contributed by atoms with Crippen LogP contribution in [0.3, 0.4) is 0 Å². The maximum atomic E-state index is 3.52. The topological polar surface area (TPSA) is 29.6 Å². The third-order valence-corrected chi connectivity index (χ3v) is 4.03. The van der Waals surface area contributed by atoms with Gasteiger partial charge < -0.3 is 5.32 Å². The number of hydrogen-bond donors (Lipinski definition) is 1. The molecule has 0 aromatic carbocycles. The summed E-state index contributed by atoms with van der Waals surface area (Å²) in [6, 6.07) is 0. The van der Waals surface area contributed by atoms with Crippen LogP contribution < -0.4 is 14.5 Å². The van der Waals surface area contributed by atoms with Gasteiger partial charge in [-0.05, 0) is 41.5 Å². The van der Waals surface area contributed by atoms with E-state index in [1.165, 1.54) is 0 Å². The number of aromatic nitrogens is 4. The maximum Gasteiger partial charge on any atom is 0.244 e. The van der Waals surface area contributed by atoms with Crippen LogP contribution in [-0.2, 0) is 24.2 Å². The highest BCUT2D eigenvalue weighted by Crippen LogP contribution is 2.11. The van der Waals surface area contributed by atoms with Crippen LogP contribution in [0.2, 0.25) is 0 Å². The first-order chi connectivity index (χ1) is 10.7. The minimum atomic E-state index is 0.148. The molecule has 1 N–H and O–H groups in total. The first-order valence-electron chi connectivity index (χ1n) is 8.52. The Hall–Kier alpha value is -1.62. The molecule has 2 heterocycles. The van der Waals surface area contributed by atoms with Gasteiger partial charge in [-0.2, -0.15) is 0 Å². The van der Waals surface area contributed by atoms with Crippen molar-refractivity contribution in [1.82, 2.24) is 14.5 Å². The molecule has 0 aliphatic rings. The van der Waals surface area contributed by atoms with E-state index in [0.29, 0.717) is 0 Å². The molecule has 0 atom stereocenters. The normalized spacial score (nSPS) is 12.8. The summed E-state index contributed by atoms with van der Waals surface area (Å²) >= 11 is 0. The molecule has 0 aliphatic carbocycles. The van der Waals surface area contributed by atoms with Gasteiger partial charge in [0.2, 0.25) is 12.7 Å². The molecule has 0 bridgehead atoms. The summed E-state index contributed by atoms with van der Waals surface area (Å²) in [7, 11) is 0. The molecule has 5 nitrogen and oxygen atoms in total. The first-order valence-corrected chi connectivity index (χ1v) is 8.52. The SMILES string of the molecule is CC(C)(C)n1cc[n+](CCNCC[n+]2ccn(C(C)(C)C)c2)c1. The van der Waals surface area contributed by atoms with Gasteiger partial charge in [-0.1, -0.05) is 0 Å². The Morgan fingerprint density at radius 2 is 1.13 bits per heavy atom. The lowest BCUT2D eigenvalue weighted by Gasteiger charge is -2.13. The molecule has 0 amide bonds. The number of rotatable bonds is 6. The van der Waals surface area contributed by atoms with Crippen molar-refractivity contribution in [3.63, 3.8) is 0 Å². The smallest absolute Gasteiger partial charge is 0.244 e. The zero-order chi connectivity index (χ0) is 17.1. The molecule has 0 radical (unpaired) electrons. The third-order valence-electron chi connectivity index (χ3n) is 4.03. The van der Waals surface area contributed by atoms with Crippen LogP contribution in [0.15, 0.2) is 37.4 Å². The zero-order valence-corrected chi connectivity index (χ0v) is 15.6. The number of imidazole rings is 2. The van der Waals surface area contributed by atoms with E-state index < -0.39 is 0 Å². The van der Waals surface area contributed by atoms with Gasteiger partial charge in [0.1, 0.15) is 49.0 Å². The Labute approximate surface area is 140 Å². The van der Waals surface area contributed by atoms with Crippen LogP contribution in [0.4, 0.5) is 0 Å². The van der Waals surface area contributed by atoms with Gasteiger partial charge in [0.25, 0.3) is 0 Å². The van der Waals surface area contributed by atoms with Crippen LogP contribution in [0.25, 0.3) is 0 Å². The molecule has 2 aromatic rings. The number of nitrogens with zero attached hydrogens (tertiary/aromatic N) is 4. The Morgan fingerprint density at radius 1 is 0.739 bits per heavy atom. The second-order valence-corrected chi connectivity index (χ2v) is 8.21. The van der Waals surface area contributed by atoms with E-state index in [1.807, 2.05) is 0 Å². The third kappa shape index (κ3) is 5.20. The van der Waals surface area contributed by atoms with Crippen LogP contribution >= 0.6 is 0 Å². The summed E-state index contributed by atoms with van der Waals surface area (Å²) in [6.07, 6.45) is 12.9. The van der Waals surface area contributed by atoms with E-state index >= 15 is 0 Å². The quantitative estimate of drug-likeness (QED) is 0.637. The molecular weight excluding hydrogens is 286 g/mol. The predicted octanol–water partition coefficient (Wildman–Crippen LogP) is 1.66. The van der Waals surface area contributed by atoms with E-state index in [0.717, 1.165) is 26.2 Å². The highest BCUT2D eigenvalue weighted by atomic mass is 15.2. The molecule has 0 saturated carbocycles. The van der Waals surface area contributed by atoms with Crippen molar-refractivity contribution >= 4 is 0 Å². The van der Waals surface area contributed by atoms with Crippen molar-refractivity contribution in [2.75, 3.05) is 13.1 Å². The first kappa shape index (κ1) is 17.7. The lowest BCUT2D eigenvalue weighted by molar-refractivity contribution is -0.698. The van der Waals surface area contributed by atoms with Crippen LogP contribution in [0.1, 0.15) is 41.5 Å². The minimum absolute atomic E-state index is 0.148. The van der Waals surface area contributed by atoms with Crippen molar-refractivity contribution < 1.29 is 9.13 Å². The fourth-order valence-corrected chi connectivity index (χ4v) is 2.39. The van der Waals surface area contributed by atoms with Gasteiger partial charge in [0.15, 0.2) is 0 Å². The van der Waals surface area contributed by atoms with Gasteiger partial charge in [0, 0.05) is 13.1 Å². The van der Waals surface area contributed by atoms with E-state index in [1.54, 1.807) is 0 Å². The predicted molar refractivity (Wildman–Crippen MR) is 92.1 cm³/mol. The molecule has 128 valence electrons. The highest BCUT2D eigenvalue weighted by Gasteiger charge is 2.19. The average molecular weight is 319 g/mol. The lowest BCUT2D eigenvalue weighted by Crippen LogP contribution is -2.42. The summed E-state index contributed by atoms with van der Waals surface area (Å²) in [4.78, 5) is 0.